The van der Waals surface area contributed by atoms with Crippen LogP contribution in [0.15, 0.2) is 17.0 Å². The number of benzene rings is 1. The monoisotopic (exact) mass is 325 g/mol. The van der Waals surface area contributed by atoms with E-state index >= 15 is 0 Å². The summed E-state index contributed by atoms with van der Waals surface area (Å²) < 4.78 is 26.8. The average molecular weight is 325 g/mol. The highest BCUT2D eigenvalue weighted by Gasteiger charge is 2.43. The summed E-state index contributed by atoms with van der Waals surface area (Å²) >= 11 is 0. The molecule has 0 aromatic heterocycles. The molecule has 22 heavy (non-hydrogen) atoms. The van der Waals surface area contributed by atoms with Crippen molar-refractivity contribution in [1.29, 1.82) is 0 Å². The van der Waals surface area contributed by atoms with Crippen molar-refractivity contribution in [2.45, 2.75) is 51.5 Å². The molecule has 1 unspecified atom stereocenters. The van der Waals surface area contributed by atoms with E-state index in [0.29, 0.717) is 17.5 Å². The average Bonchev–Trinajstić information content (AvgIpc) is 2.40. The van der Waals surface area contributed by atoms with Crippen molar-refractivity contribution in [2.24, 2.45) is 5.92 Å². The lowest BCUT2D eigenvalue weighted by atomic mass is 9.99. The van der Waals surface area contributed by atoms with Gasteiger partial charge < -0.3 is 5.11 Å². The van der Waals surface area contributed by atoms with Crippen LogP contribution in [0.4, 0.5) is 0 Å². The molecule has 0 saturated heterocycles. The Labute approximate surface area is 132 Å². The first-order chi connectivity index (χ1) is 10.2. The van der Waals surface area contributed by atoms with Gasteiger partial charge in [-0.1, -0.05) is 38.0 Å². The molecule has 1 aliphatic heterocycles. The van der Waals surface area contributed by atoms with Gasteiger partial charge in [0.15, 0.2) is 0 Å². The van der Waals surface area contributed by atoms with Crippen molar-refractivity contribution >= 4 is 15.9 Å². The lowest BCUT2D eigenvalue weighted by molar-refractivity contribution is -0.129. The van der Waals surface area contributed by atoms with Crippen molar-refractivity contribution < 1.29 is 18.3 Å². The van der Waals surface area contributed by atoms with Gasteiger partial charge in [-0.15, -0.1) is 0 Å². The molecule has 2 atom stereocenters. The molecule has 0 spiro atoms. The van der Waals surface area contributed by atoms with Crippen LogP contribution < -0.4 is 0 Å². The third-order valence-corrected chi connectivity index (χ3v) is 6.48. The molecule has 0 fully saturated rings. The zero-order valence-electron chi connectivity index (χ0n) is 13.5. The number of nitrogens with zero attached hydrogens (tertiary/aromatic N) is 1. The molecule has 5 nitrogen and oxygen atoms in total. The Morgan fingerprint density at radius 3 is 2.50 bits per heavy atom. The quantitative estimate of drug-likeness (QED) is 0.916. The highest BCUT2D eigenvalue weighted by atomic mass is 32.2. The summed E-state index contributed by atoms with van der Waals surface area (Å²) in [6, 6.07) is 2.85. The first kappa shape index (κ1) is 17.0. The molecule has 1 aliphatic rings. The fraction of sp³-hybridized carbons (Fsp3) is 0.562. The Kier molecular flexibility index (Phi) is 4.63. The van der Waals surface area contributed by atoms with Gasteiger partial charge in [-0.05, 0) is 30.9 Å². The van der Waals surface area contributed by atoms with Crippen molar-refractivity contribution in [3.8, 4) is 0 Å². The summed E-state index contributed by atoms with van der Waals surface area (Å²) in [5.41, 5.74) is 2.14. The minimum Gasteiger partial charge on any atom is -0.394 e. The molecule has 0 aliphatic carbocycles. The number of fused-ring (bicyclic) bond motifs is 1. The van der Waals surface area contributed by atoms with Crippen LogP contribution >= 0.6 is 0 Å². The molecule has 2 rings (SSSR count). The third-order valence-electron chi connectivity index (χ3n) is 4.39. The number of aliphatic hydroxyl groups excluding tert-OH is 1. The largest absolute Gasteiger partial charge is 0.394 e. The maximum absolute atomic E-state index is 13.0. The lowest BCUT2D eigenvalue weighted by Gasteiger charge is -2.37. The van der Waals surface area contributed by atoms with Crippen LogP contribution in [0.1, 0.15) is 37.0 Å². The van der Waals surface area contributed by atoms with E-state index in [2.05, 4.69) is 0 Å². The Bertz CT molecular complexity index is 696. The number of hydrogen-bond acceptors (Lipinski definition) is 4. The molecule has 1 aromatic rings. The van der Waals surface area contributed by atoms with E-state index in [9.17, 15) is 18.3 Å². The molecule has 1 N–H and O–H groups in total. The van der Waals surface area contributed by atoms with Crippen LogP contribution in [0.3, 0.4) is 0 Å². The second-order valence-corrected chi connectivity index (χ2v) is 7.83. The van der Waals surface area contributed by atoms with Gasteiger partial charge in [-0.2, -0.15) is 0 Å². The molecule has 0 bridgehead atoms. The predicted molar refractivity (Wildman–Crippen MR) is 84.0 cm³/mol. The number of hydrogen-bond donors (Lipinski definition) is 1. The van der Waals surface area contributed by atoms with Gasteiger partial charge in [-0.25, -0.2) is 12.7 Å². The van der Waals surface area contributed by atoms with E-state index in [1.165, 1.54) is 0 Å². The molecule has 1 amide bonds. The summed E-state index contributed by atoms with van der Waals surface area (Å²) in [6.45, 7) is 7.03. The zero-order valence-corrected chi connectivity index (χ0v) is 14.3. The molecule has 122 valence electrons. The molecular formula is C16H23NO4S. The van der Waals surface area contributed by atoms with Crippen LogP contribution in [0.25, 0.3) is 0 Å². The SMILES string of the molecule is CCC(C)[C@@H](CO)N1C(=O)Cc2cc(C)cc(C)c2S1(=O)=O. The summed E-state index contributed by atoms with van der Waals surface area (Å²) in [5, 5.41) is 9.63. The third kappa shape index (κ3) is 2.65. The van der Waals surface area contributed by atoms with Crippen molar-refractivity contribution in [3.63, 3.8) is 0 Å². The Morgan fingerprint density at radius 2 is 1.95 bits per heavy atom. The molecule has 0 radical (unpaired) electrons. The zero-order chi connectivity index (χ0) is 16.7. The highest BCUT2D eigenvalue weighted by molar-refractivity contribution is 7.90. The van der Waals surface area contributed by atoms with Gasteiger partial charge in [0.25, 0.3) is 10.0 Å². The van der Waals surface area contributed by atoms with E-state index in [4.69, 9.17) is 0 Å². The first-order valence-corrected chi connectivity index (χ1v) is 8.96. The van der Waals surface area contributed by atoms with Gasteiger partial charge >= 0.3 is 0 Å². The maximum Gasteiger partial charge on any atom is 0.267 e. The number of rotatable bonds is 4. The van der Waals surface area contributed by atoms with Gasteiger partial charge in [0, 0.05) is 0 Å². The van der Waals surface area contributed by atoms with Crippen LogP contribution in [0.2, 0.25) is 0 Å². The highest BCUT2D eigenvalue weighted by Crippen LogP contribution is 2.34. The Balaban J connectivity index is 2.63. The van der Waals surface area contributed by atoms with E-state index in [1.54, 1.807) is 13.0 Å². The van der Waals surface area contributed by atoms with E-state index < -0.39 is 22.0 Å². The van der Waals surface area contributed by atoms with Crippen LogP contribution in [0, 0.1) is 19.8 Å². The van der Waals surface area contributed by atoms with Gasteiger partial charge in [0.2, 0.25) is 5.91 Å². The number of amides is 1. The van der Waals surface area contributed by atoms with Gasteiger partial charge in [-0.3, -0.25) is 4.79 Å². The maximum atomic E-state index is 13.0. The molecular weight excluding hydrogens is 302 g/mol. The smallest absolute Gasteiger partial charge is 0.267 e. The van der Waals surface area contributed by atoms with E-state index in [1.807, 2.05) is 26.8 Å². The standard InChI is InChI=1S/C16H23NO4S/c1-5-11(3)14(9-18)17-15(19)8-13-7-10(2)6-12(4)16(13)22(17,20)21/h6-7,11,14,18H,5,8-9H2,1-4H3/t11?,14-/m1/s1. The first-order valence-electron chi connectivity index (χ1n) is 7.52. The second kappa shape index (κ2) is 6.01. The van der Waals surface area contributed by atoms with Crippen molar-refractivity contribution in [3.05, 3.63) is 28.8 Å². The fourth-order valence-corrected chi connectivity index (χ4v) is 5.23. The van der Waals surface area contributed by atoms with Gasteiger partial charge in [0.1, 0.15) is 0 Å². The molecule has 6 heteroatoms. The van der Waals surface area contributed by atoms with E-state index in [0.717, 1.165) is 9.87 Å². The topological polar surface area (TPSA) is 74.7 Å². The second-order valence-electron chi connectivity index (χ2n) is 6.08. The van der Waals surface area contributed by atoms with E-state index in [-0.39, 0.29) is 23.8 Å². The fourth-order valence-electron chi connectivity index (χ4n) is 3.14. The number of carbonyl (C=O) groups excluding carboxylic acids is 1. The number of sulfonamides is 1. The Hall–Kier alpha value is -1.40. The molecule has 1 aromatic carbocycles. The normalized spacial score (nSPS) is 19.7. The molecule has 0 saturated carbocycles. The Morgan fingerprint density at radius 1 is 1.32 bits per heavy atom. The summed E-state index contributed by atoms with van der Waals surface area (Å²) in [7, 11) is -3.92. The van der Waals surface area contributed by atoms with Crippen LogP contribution in [-0.4, -0.2) is 36.4 Å². The number of carbonyl (C=O) groups is 1. The van der Waals surface area contributed by atoms with Crippen LogP contribution in [-0.2, 0) is 21.2 Å². The summed E-state index contributed by atoms with van der Waals surface area (Å²) in [4.78, 5) is 12.7. The lowest BCUT2D eigenvalue weighted by Crippen LogP contribution is -2.52. The predicted octanol–water partition coefficient (Wildman–Crippen LogP) is 1.78. The summed E-state index contributed by atoms with van der Waals surface area (Å²) in [6.07, 6.45) is 0.744. The minimum atomic E-state index is -3.92. The van der Waals surface area contributed by atoms with Crippen LogP contribution in [0.5, 0.6) is 0 Å². The van der Waals surface area contributed by atoms with Crippen molar-refractivity contribution in [2.75, 3.05) is 6.61 Å². The summed E-state index contributed by atoms with van der Waals surface area (Å²) in [5.74, 6) is -0.562. The molecule has 1 heterocycles. The number of aliphatic hydroxyl groups is 1. The number of aryl methyl sites for hydroxylation is 2. The minimum absolute atomic E-state index is 0.0595. The van der Waals surface area contributed by atoms with Gasteiger partial charge in [0.05, 0.1) is 24.0 Å². The van der Waals surface area contributed by atoms with Crippen molar-refractivity contribution in [1.82, 2.24) is 4.31 Å².